The molecular formula is C59H39N5. The van der Waals surface area contributed by atoms with Crippen LogP contribution < -0.4 is 4.90 Å². The van der Waals surface area contributed by atoms with Gasteiger partial charge in [-0.3, -0.25) is 0 Å². The van der Waals surface area contributed by atoms with E-state index in [9.17, 15) is 10.5 Å². The molecule has 0 fully saturated rings. The third-order valence-electron chi connectivity index (χ3n) is 12.7. The SMILES string of the molecule is C#C/C=C\c1c(C)ccc2c1c1cc(N(c3ccccc3)C3C=CC=CC3)ccc1n2-c1cc(C#N)c(-n2c3ccc(-c4ccccc4)cc3c3c4ccccc4ccc32)cc1C#N. The Morgan fingerprint density at radius 1 is 0.594 bits per heavy atom. The van der Waals surface area contributed by atoms with Crippen molar-refractivity contribution in [3.05, 3.63) is 210 Å². The Labute approximate surface area is 371 Å². The van der Waals surface area contributed by atoms with Gasteiger partial charge in [0.15, 0.2) is 0 Å². The number of allylic oxidation sites excluding steroid dienone is 3. The van der Waals surface area contributed by atoms with Crippen LogP contribution in [0.3, 0.4) is 0 Å². The third kappa shape index (κ3) is 6.09. The monoisotopic (exact) mass is 817 g/mol. The van der Waals surface area contributed by atoms with Crippen molar-refractivity contribution in [3.8, 4) is 47.0 Å². The van der Waals surface area contributed by atoms with Crippen LogP contribution in [0.1, 0.15) is 28.7 Å². The van der Waals surface area contributed by atoms with Gasteiger partial charge in [-0.1, -0.05) is 121 Å². The van der Waals surface area contributed by atoms with Gasteiger partial charge >= 0.3 is 0 Å². The lowest BCUT2D eigenvalue weighted by Crippen LogP contribution is -2.29. The molecule has 2 aromatic heterocycles. The minimum Gasteiger partial charge on any atom is -0.334 e. The molecule has 8 aromatic carbocycles. The van der Waals surface area contributed by atoms with E-state index in [1.165, 1.54) is 0 Å². The number of aryl methyl sites for hydroxylation is 1. The van der Waals surface area contributed by atoms with Gasteiger partial charge in [0.1, 0.15) is 12.1 Å². The van der Waals surface area contributed by atoms with Gasteiger partial charge in [-0.15, -0.1) is 6.42 Å². The first-order valence-electron chi connectivity index (χ1n) is 21.4. The van der Waals surface area contributed by atoms with E-state index in [2.05, 4.69) is 197 Å². The van der Waals surface area contributed by atoms with E-state index in [1.807, 2.05) is 30.3 Å². The molecule has 1 aliphatic rings. The highest BCUT2D eigenvalue weighted by Gasteiger charge is 2.25. The zero-order valence-electron chi connectivity index (χ0n) is 35.1. The van der Waals surface area contributed by atoms with Crippen LogP contribution >= 0.6 is 0 Å². The standard InChI is InChI=1S/C59H39N5/c1-3-4-23-48-39(2)25-29-54-58(48)51-36-47(62(45-19-10-6-11-20-45)46-21-12-7-13-22-46)28-32-53(51)64(54)57-35-43(37-60)56(34-44(57)38-61)63-52-30-27-42(40-16-8-5-9-17-40)33-50(52)59-49-24-15-14-18-41(49)26-31-55(59)63/h1,4-21,23-36,46H,22H2,2H3/b23-4-. The molecule has 1 aliphatic carbocycles. The Hall–Kier alpha value is -8.82. The predicted molar refractivity (Wildman–Crippen MR) is 265 cm³/mol. The van der Waals surface area contributed by atoms with Crippen molar-refractivity contribution in [2.24, 2.45) is 0 Å². The summed E-state index contributed by atoms with van der Waals surface area (Å²) >= 11 is 0. The van der Waals surface area contributed by atoms with Crippen LogP contribution in [-0.4, -0.2) is 15.2 Å². The second-order valence-corrected chi connectivity index (χ2v) is 16.3. The van der Waals surface area contributed by atoms with Gasteiger partial charge in [-0.05, 0) is 125 Å². The molecule has 0 amide bonds. The smallest absolute Gasteiger partial charge is 0.101 e. The average molecular weight is 818 g/mol. The zero-order chi connectivity index (χ0) is 43.3. The molecule has 10 aromatic rings. The fourth-order valence-electron chi connectivity index (χ4n) is 9.85. The van der Waals surface area contributed by atoms with Gasteiger partial charge in [-0.2, -0.15) is 10.5 Å². The molecule has 5 nitrogen and oxygen atoms in total. The van der Waals surface area contributed by atoms with Gasteiger partial charge < -0.3 is 14.0 Å². The molecule has 0 saturated carbocycles. The van der Waals surface area contributed by atoms with Crippen LogP contribution in [0.2, 0.25) is 0 Å². The van der Waals surface area contributed by atoms with E-state index in [1.54, 1.807) is 6.08 Å². The van der Waals surface area contributed by atoms with E-state index in [0.29, 0.717) is 22.5 Å². The first kappa shape index (κ1) is 38.1. The normalized spacial score (nSPS) is 13.6. The Kier molecular flexibility index (Phi) is 9.28. The molecule has 5 heteroatoms. The highest BCUT2D eigenvalue weighted by Crippen LogP contribution is 2.43. The molecule has 1 unspecified atom stereocenters. The molecule has 0 aliphatic heterocycles. The molecule has 0 spiro atoms. The Morgan fingerprint density at radius 3 is 1.94 bits per heavy atom. The first-order chi connectivity index (χ1) is 31.6. The summed E-state index contributed by atoms with van der Waals surface area (Å²) in [4.78, 5) is 2.39. The summed E-state index contributed by atoms with van der Waals surface area (Å²) < 4.78 is 4.30. The van der Waals surface area contributed by atoms with E-state index in [4.69, 9.17) is 6.42 Å². The minimum atomic E-state index is 0.112. The minimum absolute atomic E-state index is 0.112. The number of para-hydroxylation sites is 1. The number of benzene rings is 8. The van der Waals surface area contributed by atoms with Gasteiger partial charge in [0, 0.05) is 32.9 Å². The molecular weight excluding hydrogens is 779 g/mol. The number of anilines is 2. The molecule has 0 N–H and O–H groups in total. The highest BCUT2D eigenvalue weighted by molar-refractivity contribution is 6.22. The summed E-state index contributed by atoms with van der Waals surface area (Å²) in [5, 5.41) is 28.8. The van der Waals surface area contributed by atoms with Crippen molar-refractivity contribution in [1.82, 2.24) is 9.13 Å². The molecule has 11 rings (SSSR count). The lowest BCUT2D eigenvalue weighted by Gasteiger charge is -2.32. The quantitative estimate of drug-likeness (QED) is 0.151. The number of nitriles is 2. The van der Waals surface area contributed by atoms with E-state index >= 15 is 0 Å². The van der Waals surface area contributed by atoms with E-state index in [0.717, 1.165) is 94.4 Å². The summed E-state index contributed by atoms with van der Waals surface area (Å²) in [5.74, 6) is 2.70. The topological polar surface area (TPSA) is 60.7 Å². The fourth-order valence-corrected chi connectivity index (χ4v) is 9.85. The first-order valence-corrected chi connectivity index (χ1v) is 21.4. The van der Waals surface area contributed by atoms with Crippen LogP contribution in [0.25, 0.3) is 83.0 Å². The van der Waals surface area contributed by atoms with Crippen LogP contribution in [-0.2, 0) is 0 Å². The predicted octanol–water partition coefficient (Wildman–Crippen LogP) is 14.4. The maximum atomic E-state index is 11.2. The third-order valence-corrected chi connectivity index (χ3v) is 12.7. The number of hydrogen-bond acceptors (Lipinski definition) is 3. The average Bonchev–Trinajstić information content (AvgIpc) is 3.86. The van der Waals surface area contributed by atoms with Crippen molar-refractivity contribution < 1.29 is 0 Å². The molecule has 0 saturated heterocycles. The summed E-state index contributed by atoms with van der Waals surface area (Å²) in [5.41, 5.74) is 12.4. The summed E-state index contributed by atoms with van der Waals surface area (Å²) in [6.45, 7) is 2.10. The van der Waals surface area contributed by atoms with Crippen LogP contribution in [0.15, 0.2) is 188 Å². The number of fused-ring (bicyclic) bond motifs is 8. The Balaban J connectivity index is 1.18. The largest absolute Gasteiger partial charge is 0.334 e. The second kappa shape index (κ2) is 15.6. The molecule has 2 heterocycles. The number of terminal acetylenes is 1. The number of nitrogens with zero attached hydrogens (tertiary/aromatic N) is 5. The van der Waals surface area contributed by atoms with Crippen LogP contribution in [0.4, 0.5) is 11.4 Å². The number of aromatic nitrogens is 2. The number of hydrogen-bond donors (Lipinski definition) is 0. The van der Waals surface area contributed by atoms with Crippen molar-refractivity contribution in [1.29, 1.82) is 10.5 Å². The Morgan fingerprint density at radius 2 is 1.23 bits per heavy atom. The zero-order valence-corrected chi connectivity index (χ0v) is 35.1. The summed E-state index contributed by atoms with van der Waals surface area (Å²) in [6.07, 6.45) is 19.1. The molecule has 300 valence electrons. The molecule has 0 bridgehead atoms. The lowest BCUT2D eigenvalue weighted by molar-refractivity contribution is 0.785. The lowest BCUT2D eigenvalue weighted by atomic mass is 9.99. The summed E-state index contributed by atoms with van der Waals surface area (Å²) in [7, 11) is 0. The van der Waals surface area contributed by atoms with E-state index < -0.39 is 0 Å². The van der Waals surface area contributed by atoms with Crippen LogP contribution in [0, 0.1) is 41.9 Å². The van der Waals surface area contributed by atoms with Gasteiger partial charge in [0.05, 0.1) is 50.6 Å². The molecule has 64 heavy (non-hydrogen) atoms. The van der Waals surface area contributed by atoms with Crippen molar-refractivity contribution >= 4 is 71.8 Å². The van der Waals surface area contributed by atoms with Gasteiger partial charge in [0.25, 0.3) is 0 Å². The molecule has 0 radical (unpaired) electrons. The van der Waals surface area contributed by atoms with Gasteiger partial charge in [0.2, 0.25) is 0 Å². The van der Waals surface area contributed by atoms with Crippen molar-refractivity contribution in [3.63, 3.8) is 0 Å². The highest BCUT2D eigenvalue weighted by atomic mass is 15.2. The second-order valence-electron chi connectivity index (χ2n) is 16.3. The van der Waals surface area contributed by atoms with E-state index in [-0.39, 0.29) is 6.04 Å². The Bertz CT molecular complexity index is 3750. The maximum absolute atomic E-state index is 11.2. The summed E-state index contributed by atoms with van der Waals surface area (Å²) in [6, 6.07) is 60.0. The van der Waals surface area contributed by atoms with Crippen LogP contribution in [0.5, 0.6) is 0 Å². The molecule has 1 atom stereocenters. The van der Waals surface area contributed by atoms with Crippen molar-refractivity contribution in [2.45, 2.75) is 19.4 Å². The number of rotatable bonds is 7. The van der Waals surface area contributed by atoms with Gasteiger partial charge in [-0.25, -0.2) is 0 Å². The fraction of sp³-hybridized carbons (Fsp3) is 0.0508. The van der Waals surface area contributed by atoms with Crippen molar-refractivity contribution in [2.75, 3.05) is 4.90 Å². The maximum Gasteiger partial charge on any atom is 0.101 e.